The predicted molar refractivity (Wildman–Crippen MR) is 82.1 cm³/mol. The number of benzene rings is 1. The molecule has 0 spiro atoms. The van der Waals surface area contributed by atoms with Crippen LogP contribution in [-0.4, -0.2) is 26.1 Å². The van der Waals surface area contributed by atoms with E-state index in [1.54, 1.807) is 25.1 Å². The lowest BCUT2D eigenvalue weighted by atomic mass is 10.1. The van der Waals surface area contributed by atoms with Crippen molar-refractivity contribution in [3.8, 4) is 0 Å². The van der Waals surface area contributed by atoms with Crippen molar-refractivity contribution in [2.45, 2.75) is 32.3 Å². The van der Waals surface area contributed by atoms with Crippen LogP contribution in [0.4, 0.5) is 0 Å². The number of esters is 1. The number of aromatic nitrogens is 1. The van der Waals surface area contributed by atoms with Crippen LogP contribution in [0.25, 0.3) is 0 Å². The van der Waals surface area contributed by atoms with Gasteiger partial charge in [-0.2, -0.15) is 4.72 Å². The average Bonchev–Trinajstić information content (AvgIpc) is 2.91. The highest BCUT2D eigenvalue weighted by atomic mass is 32.2. The van der Waals surface area contributed by atoms with E-state index in [-0.39, 0.29) is 11.5 Å². The highest BCUT2D eigenvalue weighted by Gasteiger charge is 2.17. The lowest BCUT2D eigenvalue weighted by Crippen LogP contribution is -2.30. The van der Waals surface area contributed by atoms with Gasteiger partial charge in [-0.15, -0.1) is 0 Å². The van der Waals surface area contributed by atoms with Gasteiger partial charge in [0.05, 0.1) is 4.90 Å². The summed E-state index contributed by atoms with van der Waals surface area (Å²) in [7, 11) is -3.76. The molecule has 0 amide bonds. The summed E-state index contributed by atoms with van der Waals surface area (Å²) >= 11 is 0. The Balaban J connectivity index is 1.90. The van der Waals surface area contributed by atoms with Crippen molar-refractivity contribution < 1.29 is 22.5 Å². The summed E-state index contributed by atoms with van der Waals surface area (Å²) in [5.74, 6) is -0.0930. The van der Waals surface area contributed by atoms with Crippen LogP contribution in [0.2, 0.25) is 0 Å². The molecule has 0 aliphatic carbocycles. The Morgan fingerprint density at radius 1 is 1.22 bits per heavy atom. The molecular formula is C15H18N2O5S. The molecule has 0 atom stereocenters. The summed E-state index contributed by atoms with van der Waals surface area (Å²) in [5.41, 5.74) is 2.32. The molecule has 2 aromatic rings. The van der Waals surface area contributed by atoms with Gasteiger partial charge in [0.2, 0.25) is 10.0 Å². The monoisotopic (exact) mass is 338 g/mol. The van der Waals surface area contributed by atoms with Gasteiger partial charge >= 0.3 is 5.97 Å². The molecule has 1 aromatic heterocycles. The van der Waals surface area contributed by atoms with Crippen molar-refractivity contribution in [2.24, 2.45) is 0 Å². The fraction of sp³-hybridized carbons (Fsp3) is 0.333. The molecule has 7 nitrogen and oxygen atoms in total. The van der Waals surface area contributed by atoms with Crippen LogP contribution in [0, 0.1) is 20.8 Å². The lowest BCUT2D eigenvalue weighted by Gasteiger charge is -2.08. The van der Waals surface area contributed by atoms with Crippen LogP contribution in [0.5, 0.6) is 0 Å². The molecule has 0 saturated heterocycles. The number of sulfonamides is 1. The van der Waals surface area contributed by atoms with Gasteiger partial charge in [-0.05, 0) is 44.0 Å². The highest BCUT2D eigenvalue weighted by Crippen LogP contribution is 2.14. The number of ether oxygens (including phenoxy) is 1. The molecule has 2 rings (SSSR count). The minimum Gasteiger partial charge on any atom is -0.458 e. The standard InChI is InChI=1S/C15H18N2O5S/c1-10-4-5-14(6-11(10)2)23(19,20)16-8-15(18)21-9-13-7-12(3)22-17-13/h4-7,16H,8-9H2,1-3H3. The molecule has 8 heteroatoms. The number of aryl methyl sites for hydroxylation is 3. The van der Waals surface area contributed by atoms with Crippen LogP contribution in [0.3, 0.4) is 0 Å². The Morgan fingerprint density at radius 2 is 1.96 bits per heavy atom. The van der Waals surface area contributed by atoms with E-state index in [0.29, 0.717) is 11.5 Å². The van der Waals surface area contributed by atoms with E-state index in [1.807, 2.05) is 13.8 Å². The van der Waals surface area contributed by atoms with Crippen LogP contribution in [0.1, 0.15) is 22.6 Å². The van der Waals surface area contributed by atoms with Crippen molar-refractivity contribution in [3.05, 3.63) is 46.8 Å². The van der Waals surface area contributed by atoms with Crippen LogP contribution >= 0.6 is 0 Å². The number of nitrogens with zero attached hydrogens (tertiary/aromatic N) is 1. The van der Waals surface area contributed by atoms with E-state index in [2.05, 4.69) is 9.88 Å². The summed E-state index contributed by atoms with van der Waals surface area (Å²) in [6, 6.07) is 6.40. The highest BCUT2D eigenvalue weighted by molar-refractivity contribution is 7.89. The Bertz CT molecular complexity index is 811. The number of carbonyl (C=O) groups excluding carboxylic acids is 1. The minimum absolute atomic E-state index is 0.0679. The molecule has 0 saturated carbocycles. The SMILES string of the molecule is Cc1cc(COC(=O)CNS(=O)(=O)c2ccc(C)c(C)c2)no1. The van der Waals surface area contributed by atoms with Gasteiger partial charge in [0.25, 0.3) is 0 Å². The first kappa shape index (κ1) is 17.2. The molecule has 0 fully saturated rings. The first-order valence-electron chi connectivity index (χ1n) is 6.92. The zero-order valence-corrected chi connectivity index (χ0v) is 13.9. The van der Waals surface area contributed by atoms with E-state index in [9.17, 15) is 13.2 Å². The van der Waals surface area contributed by atoms with Gasteiger partial charge in [-0.3, -0.25) is 4.79 Å². The fourth-order valence-corrected chi connectivity index (χ4v) is 2.86. The number of hydrogen-bond acceptors (Lipinski definition) is 6. The van der Waals surface area contributed by atoms with Crippen molar-refractivity contribution in [3.63, 3.8) is 0 Å². The second kappa shape index (κ2) is 6.93. The third-order valence-corrected chi connectivity index (χ3v) is 4.65. The zero-order valence-electron chi connectivity index (χ0n) is 13.1. The minimum atomic E-state index is -3.76. The quantitative estimate of drug-likeness (QED) is 0.804. The van der Waals surface area contributed by atoms with Gasteiger partial charge < -0.3 is 9.26 Å². The Labute approximate surface area is 134 Å². The lowest BCUT2D eigenvalue weighted by molar-refractivity contribution is -0.143. The normalized spacial score (nSPS) is 11.4. The number of nitrogens with one attached hydrogen (secondary N) is 1. The summed E-state index contributed by atoms with van der Waals surface area (Å²) in [5, 5.41) is 3.67. The smallest absolute Gasteiger partial charge is 0.321 e. The molecule has 1 aromatic carbocycles. The van der Waals surface area contributed by atoms with Crippen LogP contribution in [-0.2, 0) is 26.2 Å². The molecule has 0 radical (unpaired) electrons. The largest absolute Gasteiger partial charge is 0.458 e. The number of carbonyl (C=O) groups is 1. The number of rotatable bonds is 6. The Kier molecular flexibility index (Phi) is 5.17. The first-order valence-corrected chi connectivity index (χ1v) is 8.41. The molecule has 124 valence electrons. The maximum Gasteiger partial charge on any atom is 0.321 e. The van der Waals surface area contributed by atoms with Gasteiger partial charge in [0.1, 0.15) is 24.6 Å². The molecule has 0 aliphatic rings. The summed E-state index contributed by atoms with van der Waals surface area (Å²) in [4.78, 5) is 11.7. The Morgan fingerprint density at radius 3 is 2.57 bits per heavy atom. The third-order valence-electron chi connectivity index (χ3n) is 3.25. The van der Waals surface area contributed by atoms with Gasteiger partial charge in [-0.1, -0.05) is 11.2 Å². The molecule has 23 heavy (non-hydrogen) atoms. The van der Waals surface area contributed by atoms with Crippen molar-refractivity contribution >= 4 is 16.0 Å². The molecular weight excluding hydrogens is 320 g/mol. The van der Waals surface area contributed by atoms with E-state index < -0.39 is 22.5 Å². The zero-order chi connectivity index (χ0) is 17.0. The second-order valence-corrected chi connectivity index (χ2v) is 6.93. The van der Waals surface area contributed by atoms with E-state index in [1.165, 1.54) is 6.07 Å². The van der Waals surface area contributed by atoms with E-state index in [4.69, 9.17) is 9.26 Å². The molecule has 1 N–H and O–H groups in total. The topological polar surface area (TPSA) is 98.5 Å². The summed E-state index contributed by atoms with van der Waals surface area (Å²) in [6.07, 6.45) is 0. The molecule has 1 heterocycles. The summed E-state index contributed by atoms with van der Waals surface area (Å²) < 4.78 is 36.2. The maximum absolute atomic E-state index is 12.1. The third kappa shape index (κ3) is 4.64. The van der Waals surface area contributed by atoms with Crippen molar-refractivity contribution in [1.29, 1.82) is 0 Å². The molecule has 0 unspecified atom stereocenters. The average molecular weight is 338 g/mol. The maximum atomic E-state index is 12.1. The predicted octanol–water partition coefficient (Wildman–Crippen LogP) is 1.62. The summed E-state index contributed by atoms with van der Waals surface area (Å²) in [6.45, 7) is 4.91. The van der Waals surface area contributed by atoms with Gasteiger partial charge in [-0.25, -0.2) is 8.42 Å². The van der Waals surface area contributed by atoms with E-state index >= 15 is 0 Å². The van der Waals surface area contributed by atoms with Gasteiger partial charge in [0, 0.05) is 6.07 Å². The van der Waals surface area contributed by atoms with Crippen molar-refractivity contribution in [1.82, 2.24) is 9.88 Å². The first-order chi connectivity index (χ1) is 10.8. The fourth-order valence-electron chi connectivity index (χ4n) is 1.81. The molecule has 0 bridgehead atoms. The van der Waals surface area contributed by atoms with Crippen molar-refractivity contribution in [2.75, 3.05) is 6.54 Å². The van der Waals surface area contributed by atoms with E-state index in [0.717, 1.165) is 11.1 Å². The molecule has 0 aliphatic heterocycles. The van der Waals surface area contributed by atoms with Gasteiger partial charge in [0.15, 0.2) is 0 Å². The Hall–Kier alpha value is -2.19. The van der Waals surface area contributed by atoms with Crippen LogP contribution < -0.4 is 4.72 Å². The second-order valence-electron chi connectivity index (χ2n) is 5.16. The number of hydrogen-bond donors (Lipinski definition) is 1. The van der Waals surface area contributed by atoms with Crippen LogP contribution in [0.15, 0.2) is 33.7 Å².